The number of nitrogens with one attached hydrogen (secondary N) is 2. The zero-order valence-electron chi connectivity index (χ0n) is 15.2. The lowest BCUT2D eigenvalue weighted by atomic mass is 10.2. The maximum atomic E-state index is 11.9. The van der Waals surface area contributed by atoms with Crippen molar-refractivity contribution in [2.45, 2.75) is 13.8 Å². The zero-order chi connectivity index (χ0) is 19.4. The summed E-state index contributed by atoms with van der Waals surface area (Å²) in [5.41, 5.74) is 2.90. The molecule has 2 aromatic heterocycles. The van der Waals surface area contributed by atoms with Crippen LogP contribution in [0, 0.1) is 6.92 Å². The quantitative estimate of drug-likeness (QED) is 0.580. The molecular weight excluding hydrogens is 364 g/mol. The molecule has 0 saturated carbocycles. The van der Waals surface area contributed by atoms with E-state index in [4.69, 9.17) is 4.74 Å². The van der Waals surface area contributed by atoms with Gasteiger partial charge in [0.15, 0.2) is 11.5 Å². The first-order chi connectivity index (χ1) is 13.0. The molecule has 0 unspecified atom stereocenters. The van der Waals surface area contributed by atoms with Gasteiger partial charge in [-0.05, 0) is 37.6 Å². The highest BCUT2D eigenvalue weighted by Gasteiger charge is 2.10. The molecule has 0 aliphatic heterocycles. The molecule has 0 bridgehead atoms. The number of rotatable bonds is 5. The molecule has 0 saturated heterocycles. The van der Waals surface area contributed by atoms with E-state index in [1.165, 1.54) is 4.31 Å². The van der Waals surface area contributed by atoms with Gasteiger partial charge in [0.2, 0.25) is 0 Å². The molecule has 140 valence electrons. The van der Waals surface area contributed by atoms with Crippen LogP contribution in [-0.2, 0) is 0 Å². The fourth-order valence-corrected chi connectivity index (χ4v) is 2.44. The van der Waals surface area contributed by atoms with Crippen molar-refractivity contribution >= 4 is 47.3 Å². The Morgan fingerprint density at radius 2 is 2.00 bits per heavy atom. The number of fused-ring (bicyclic) bond motifs is 1. The topological polar surface area (TPSA) is 92.3 Å². The number of thiol groups is 1. The van der Waals surface area contributed by atoms with Crippen molar-refractivity contribution in [1.29, 1.82) is 0 Å². The Morgan fingerprint density at radius 3 is 2.74 bits per heavy atom. The molecule has 3 aromatic rings. The van der Waals surface area contributed by atoms with Crippen LogP contribution >= 0.6 is 12.8 Å². The summed E-state index contributed by atoms with van der Waals surface area (Å²) in [7, 11) is 1.63. The van der Waals surface area contributed by atoms with Crippen LogP contribution in [0.1, 0.15) is 12.5 Å². The van der Waals surface area contributed by atoms with E-state index in [2.05, 4.69) is 38.4 Å². The lowest BCUT2D eigenvalue weighted by molar-refractivity contribution is 0.240. The zero-order valence-corrected chi connectivity index (χ0v) is 16.1. The van der Waals surface area contributed by atoms with E-state index in [0.29, 0.717) is 29.3 Å². The predicted octanol–water partition coefficient (Wildman–Crippen LogP) is 3.78. The molecule has 0 aliphatic carbocycles. The standard InChI is InChI=1S/C18H20N6O2S/c1-4-24(27)18(25)23-15-8-7-13-17(21-15)22-16(10-19-13)20-12-6-5-11(2)14(9-12)26-3/h5-10,27H,4H2,1-3H3,(H2,20,21,22,23,25). The lowest BCUT2D eigenvalue weighted by Crippen LogP contribution is -2.27. The Morgan fingerprint density at radius 1 is 1.22 bits per heavy atom. The van der Waals surface area contributed by atoms with Crippen molar-refractivity contribution in [3.63, 3.8) is 0 Å². The summed E-state index contributed by atoms with van der Waals surface area (Å²) in [4.78, 5) is 25.1. The normalized spacial score (nSPS) is 10.5. The van der Waals surface area contributed by atoms with Gasteiger partial charge < -0.3 is 10.1 Å². The van der Waals surface area contributed by atoms with Crippen LogP contribution in [0.3, 0.4) is 0 Å². The summed E-state index contributed by atoms with van der Waals surface area (Å²) in [6.45, 7) is 4.27. The van der Waals surface area contributed by atoms with E-state index >= 15 is 0 Å². The average molecular weight is 384 g/mol. The van der Waals surface area contributed by atoms with Crippen LogP contribution in [0.2, 0.25) is 0 Å². The van der Waals surface area contributed by atoms with Gasteiger partial charge in [0.05, 0.1) is 13.3 Å². The van der Waals surface area contributed by atoms with Gasteiger partial charge >= 0.3 is 6.03 Å². The minimum absolute atomic E-state index is 0.360. The molecular formula is C18H20N6O2S. The maximum absolute atomic E-state index is 11.9. The van der Waals surface area contributed by atoms with Gasteiger partial charge in [0.1, 0.15) is 17.1 Å². The number of nitrogens with zero attached hydrogens (tertiary/aromatic N) is 4. The van der Waals surface area contributed by atoms with Crippen molar-refractivity contribution in [2.75, 3.05) is 24.3 Å². The van der Waals surface area contributed by atoms with Crippen molar-refractivity contribution < 1.29 is 9.53 Å². The number of hydrogen-bond acceptors (Lipinski definition) is 7. The summed E-state index contributed by atoms with van der Waals surface area (Å²) in [6.07, 6.45) is 1.63. The van der Waals surface area contributed by atoms with E-state index in [1.807, 2.05) is 32.0 Å². The number of benzene rings is 1. The number of aromatic nitrogens is 3. The first kappa shape index (κ1) is 18.7. The van der Waals surface area contributed by atoms with Crippen LogP contribution < -0.4 is 15.4 Å². The monoisotopic (exact) mass is 384 g/mol. The second kappa shape index (κ2) is 8.09. The molecule has 0 spiro atoms. The summed E-state index contributed by atoms with van der Waals surface area (Å²) in [5.74, 6) is 1.70. The van der Waals surface area contributed by atoms with E-state index < -0.39 is 0 Å². The van der Waals surface area contributed by atoms with Gasteiger partial charge in [-0.25, -0.2) is 19.7 Å². The number of carbonyl (C=O) groups is 1. The molecule has 8 nitrogen and oxygen atoms in total. The molecule has 2 N–H and O–H groups in total. The highest BCUT2D eigenvalue weighted by molar-refractivity contribution is 7.78. The van der Waals surface area contributed by atoms with Crippen LogP contribution in [0.4, 0.5) is 22.1 Å². The maximum Gasteiger partial charge on any atom is 0.332 e. The first-order valence-corrected chi connectivity index (χ1v) is 8.73. The number of anilines is 3. The molecule has 3 rings (SSSR count). The molecule has 0 fully saturated rings. The number of hydrogen-bond donors (Lipinski definition) is 3. The minimum Gasteiger partial charge on any atom is -0.496 e. The molecule has 27 heavy (non-hydrogen) atoms. The van der Waals surface area contributed by atoms with Gasteiger partial charge in [0, 0.05) is 18.3 Å². The smallest absolute Gasteiger partial charge is 0.332 e. The molecule has 2 heterocycles. The van der Waals surface area contributed by atoms with E-state index in [1.54, 1.807) is 25.4 Å². The second-order valence-corrected chi connectivity index (χ2v) is 6.23. The van der Waals surface area contributed by atoms with Crippen molar-refractivity contribution in [3.05, 3.63) is 42.1 Å². The number of urea groups is 1. The highest BCUT2D eigenvalue weighted by Crippen LogP contribution is 2.24. The second-order valence-electron chi connectivity index (χ2n) is 5.75. The van der Waals surface area contributed by atoms with Gasteiger partial charge in [0.25, 0.3) is 0 Å². The largest absolute Gasteiger partial charge is 0.496 e. The number of pyridine rings is 1. The fourth-order valence-electron chi connectivity index (χ4n) is 2.39. The van der Waals surface area contributed by atoms with Crippen molar-refractivity contribution in [1.82, 2.24) is 19.3 Å². The van der Waals surface area contributed by atoms with Gasteiger partial charge in [-0.15, -0.1) is 0 Å². The first-order valence-electron chi connectivity index (χ1n) is 8.33. The van der Waals surface area contributed by atoms with Crippen LogP contribution in [-0.4, -0.2) is 38.9 Å². The Balaban J connectivity index is 1.84. The van der Waals surface area contributed by atoms with E-state index in [9.17, 15) is 4.79 Å². The van der Waals surface area contributed by atoms with Gasteiger partial charge in [-0.2, -0.15) is 0 Å². The Hall–Kier alpha value is -3.07. The molecule has 9 heteroatoms. The Bertz CT molecular complexity index is 981. The molecule has 1 aromatic carbocycles. The van der Waals surface area contributed by atoms with E-state index in [0.717, 1.165) is 17.0 Å². The number of methoxy groups -OCH3 is 1. The van der Waals surface area contributed by atoms with Gasteiger partial charge in [-0.1, -0.05) is 18.9 Å². The van der Waals surface area contributed by atoms with Crippen LogP contribution in [0.5, 0.6) is 5.75 Å². The Kier molecular flexibility index (Phi) is 5.60. The fraction of sp³-hybridized carbons (Fsp3) is 0.222. The van der Waals surface area contributed by atoms with Crippen LogP contribution in [0.15, 0.2) is 36.5 Å². The summed E-state index contributed by atoms with van der Waals surface area (Å²) < 4.78 is 6.59. The van der Waals surface area contributed by atoms with E-state index in [-0.39, 0.29) is 6.03 Å². The third kappa shape index (κ3) is 4.37. The Labute approximate surface area is 162 Å². The number of amides is 2. The third-order valence-electron chi connectivity index (χ3n) is 3.86. The van der Waals surface area contributed by atoms with Crippen molar-refractivity contribution in [2.24, 2.45) is 0 Å². The molecule has 0 atom stereocenters. The SMILES string of the molecule is CCN(S)C(=O)Nc1ccc2ncc(Nc3ccc(C)c(OC)c3)nc2n1. The molecule has 2 amide bonds. The minimum atomic E-state index is -0.360. The van der Waals surface area contributed by atoms with Crippen molar-refractivity contribution in [3.8, 4) is 5.75 Å². The highest BCUT2D eigenvalue weighted by atomic mass is 32.1. The van der Waals surface area contributed by atoms with Gasteiger partial charge in [-0.3, -0.25) is 9.62 Å². The van der Waals surface area contributed by atoms with Crippen LogP contribution in [0.25, 0.3) is 11.2 Å². The third-order valence-corrected chi connectivity index (χ3v) is 4.32. The summed E-state index contributed by atoms with van der Waals surface area (Å²) >= 11 is 4.07. The average Bonchev–Trinajstić information content (AvgIpc) is 2.68. The number of carbonyl (C=O) groups excluding carboxylic acids is 1. The number of ether oxygens (including phenoxy) is 1. The lowest BCUT2D eigenvalue weighted by Gasteiger charge is -2.13. The summed E-state index contributed by atoms with van der Waals surface area (Å²) in [6, 6.07) is 8.83. The number of aryl methyl sites for hydroxylation is 1. The molecule has 0 radical (unpaired) electrons. The summed E-state index contributed by atoms with van der Waals surface area (Å²) in [5, 5.41) is 5.85. The predicted molar refractivity (Wildman–Crippen MR) is 109 cm³/mol. The molecule has 0 aliphatic rings.